The van der Waals surface area contributed by atoms with Gasteiger partial charge in [0.2, 0.25) is 0 Å². The average Bonchev–Trinajstić information content (AvgIpc) is 0.918. The van der Waals surface area contributed by atoms with Crippen LogP contribution in [0.3, 0.4) is 0 Å². The molecule has 0 heterocycles. The molecule has 0 aliphatic rings. The van der Waals surface area contributed by atoms with Crippen molar-refractivity contribution in [3.8, 4) is 0 Å². The van der Waals surface area contributed by atoms with E-state index >= 15 is 0 Å². The van der Waals surface area contributed by atoms with Crippen LogP contribution in [0.25, 0.3) is 0 Å². The second-order valence-corrected chi connectivity index (χ2v) is 0.598. The number of carbonyl (C=O) groups is 1. The van der Waals surface area contributed by atoms with Crippen molar-refractivity contribution in [2.75, 3.05) is 0 Å². The highest BCUT2D eigenvalue weighted by atomic mass is 127. The lowest BCUT2D eigenvalue weighted by molar-refractivity contribution is 0.572. The predicted octanol–water partition coefficient (Wildman–Crippen LogP) is 1.25. The molecule has 0 aliphatic carbocycles. The van der Waals surface area contributed by atoms with Crippen molar-refractivity contribution in [2.45, 2.75) is 7.43 Å². The maximum Gasteiger partial charge on any atom is 0.179 e. The number of halogens is 1. The van der Waals surface area contributed by atoms with Gasteiger partial charge in [-0.15, -0.1) is 0 Å². The molecule has 0 aliphatic heterocycles. The minimum absolute atomic E-state index is 0. The lowest BCUT2D eigenvalue weighted by Gasteiger charge is -1.20. The third-order valence-electron chi connectivity index (χ3n) is 0. The first-order chi connectivity index (χ1) is 1.41. The molecule has 0 aromatic heterocycles. The lowest BCUT2D eigenvalue weighted by atomic mass is 11.9. The summed E-state index contributed by atoms with van der Waals surface area (Å²) in [7, 11) is 0. The second kappa shape index (κ2) is 9.99. The SMILES string of the molecule is C.O=CI. The molecule has 0 spiro atoms. The van der Waals surface area contributed by atoms with Crippen molar-refractivity contribution >= 4 is 26.9 Å². The molecular formula is C2H5IO. The van der Waals surface area contributed by atoms with Gasteiger partial charge in [-0.25, -0.2) is 0 Å². The van der Waals surface area contributed by atoms with Gasteiger partial charge in [0.1, 0.15) is 0 Å². The van der Waals surface area contributed by atoms with E-state index in [4.69, 9.17) is 4.79 Å². The quantitative estimate of drug-likeness (QED) is 0.305. The third kappa shape index (κ3) is 29.4. The minimum atomic E-state index is 0. The van der Waals surface area contributed by atoms with Crippen LogP contribution in [0, 0.1) is 0 Å². The zero-order chi connectivity index (χ0) is 2.71. The molecule has 0 N–H and O–H groups in total. The molecule has 0 aromatic rings. The van der Waals surface area contributed by atoms with Crippen LogP contribution in [0.1, 0.15) is 7.43 Å². The standard InChI is InChI=1S/CHIO.CH4/c2-1-3;/h1H;1H4. The zero-order valence-corrected chi connectivity index (χ0v) is 3.52. The van der Waals surface area contributed by atoms with Crippen molar-refractivity contribution in [1.29, 1.82) is 0 Å². The van der Waals surface area contributed by atoms with E-state index in [0.29, 0.717) is 0 Å². The summed E-state index contributed by atoms with van der Waals surface area (Å²) in [4.78, 5) is 8.79. The maximum atomic E-state index is 8.79. The van der Waals surface area contributed by atoms with Crippen molar-refractivity contribution in [2.24, 2.45) is 0 Å². The van der Waals surface area contributed by atoms with Gasteiger partial charge >= 0.3 is 0 Å². The van der Waals surface area contributed by atoms with E-state index in [-0.39, 0.29) is 7.43 Å². The fraction of sp³-hybridized carbons (Fsp3) is 0.500. The Bertz CT molecular complexity index is 13.5. The molecule has 0 unspecified atom stereocenters. The highest BCUT2D eigenvalue weighted by molar-refractivity contribution is 14.1. The number of carbonyl (C=O) groups excluding carboxylic acids is 1. The predicted molar refractivity (Wildman–Crippen MR) is 27.5 cm³/mol. The third-order valence-corrected chi connectivity index (χ3v) is 0. The fourth-order valence-corrected chi connectivity index (χ4v) is 0. The monoisotopic (exact) mass is 172 g/mol. The van der Waals surface area contributed by atoms with Gasteiger partial charge < -0.3 is 0 Å². The Morgan fingerprint density at radius 2 is 1.75 bits per heavy atom. The molecule has 0 aromatic carbocycles. The highest BCUT2D eigenvalue weighted by Crippen LogP contribution is 1.54. The molecule has 0 bridgehead atoms. The van der Waals surface area contributed by atoms with E-state index in [2.05, 4.69) is 0 Å². The van der Waals surface area contributed by atoms with Crippen LogP contribution >= 0.6 is 22.6 Å². The first kappa shape index (κ1) is 8.83. The van der Waals surface area contributed by atoms with Gasteiger partial charge in [-0.3, -0.25) is 4.79 Å². The number of hydrogen-bond donors (Lipinski definition) is 0. The van der Waals surface area contributed by atoms with Crippen molar-refractivity contribution in [3.05, 3.63) is 0 Å². The molecule has 4 heavy (non-hydrogen) atoms. The minimum Gasteiger partial charge on any atom is -0.292 e. The lowest BCUT2D eigenvalue weighted by Crippen LogP contribution is -1.21. The molecular weight excluding hydrogens is 167 g/mol. The molecule has 0 saturated heterocycles. The largest absolute Gasteiger partial charge is 0.292 e. The smallest absolute Gasteiger partial charge is 0.179 e. The molecule has 26 valence electrons. The van der Waals surface area contributed by atoms with Crippen LogP contribution in [0.15, 0.2) is 0 Å². The van der Waals surface area contributed by atoms with Gasteiger partial charge in [-0.1, -0.05) is 7.43 Å². The first-order valence-corrected chi connectivity index (χ1v) is 1.70. The Morgan fingerprint density at radius 3 is 1.75 bits per heavy atom. The normalized spacial score (nSPS) is 3.25. The summed E-state index contributed by atoms with van der Waals surface area (Å²) in [5.41, 5.74) is 0. The summed E-state index contributed by atoms with van der Waals surface area (Å²) in [6.45, 7) is 0. The molecule has 0 fully saturated rings. The van der Waals surface area contributed by atoms with Gasteiger partial charge in [0.05, 0.1) is 0 Å². The first-order valence-electron chi connectivity index (χ1n) is 0.454. The second-order valence-electron chi connectivity index (χ2n) is 0.0891. The van der Waals surface area contributed by atoms with Gasteiger partial charge in [-0.05, 0) is 22.6 Å². The highest BCUT2D eigenvalue weighted by Gasteiger charge is 1.28. The topological polar surface area (TPSA) is 17.1 Å². The van der Waals surface area contributed by atoms with Gasteiger partial charge in [0, 0.05) is 0 Å². The molecule has 0 amide bonds. The van der Waals surface area contributed by atoms with Crippen molar-refractivity contribution < 1.29 is 4.79 Å². The van der Waals surface area contributed by atoms with Crippen LogP contribution in [-0.4, -0.2) is 4.29 Å². The summed E-state index contributed by atoms with van der Waals surface area (Å²) in [5, 5.41) is 0. The van der Waals surface area contributed by atoms with E-state index in [1.54, 1.807) is 22.6 Å². The summed E-state index contributed by atoms with van der Waals surface area (Å²) >= 11 is 1.61. The van der Waals surface area contributed by atoms with E-state index < -0.39 is 0 Å². The van der Waals surface area contributed by atoms with Crippen LogP contribution in [-0.2, 0) is 4.79 Å². The number of rotatable bonds is 0. The fourth-order valence-electron chi connectivity index (χ4n) is 0. The Hall–Kier alpha value is 0.400. The van der Waals surface area contributed by atoms with Gasteiger partial charge in [0.15, 0.2) is 4.29 Å². The van der Waals surface area contributed by atoms with E-state index in [1.165, 1.54) is 0 Å². The van der Waals surface area contributed by atoms with Gasteiger partial charge in [0.25, 0.3) is 0 Å². The average molecular weight is 172 g/mol. The van der Waals surface area contributed by atoms with E-state index in [1.807, 2.05) is 0 Å². The van der Waals surface area contributed by atoms with Crippen LogP contribution in [0.5, 0.6) is 0 Å². The molecule has 0 radical (unpaired) electrons. The van der Waals surface area contributed by atoms with E-state index in [0.717, 1.165) is 4.29 Å². The molecule has 0 saturated carbocycles. The summed E-state index contributed by atoms with van der Waals surface area (Å²) in [5.74, 6) is 0. The summed E-state index contributed by atoms with van der Waals surface area (Å²) in [6, 6.07) is 0. The van der Waals surface area contributed by atoms with Crippen LogP contribution < -0.4 is 0 Å². The Balaban J connectivity index is 0. The van der Waals surface area contributed by atoms with Crippen molar-refractivity contribution in [3.63, 3.8) is 0 Å². The number of hydrogen-bond acceptors (Lipinski definition) is 1. The van der Waals surface area contributed by atoms with Crippen LogP contribution in [0.2, 0.25) is 0 Å². The Kier molecular flexibility index (Phi) is 22.1. The molecule has 0 atom stereocenters. The van der Waals surface area contributed by atoms with E-state index in [9.17, 15) is 0 Å². The summed E-state index contributed by atoms with van der Waals surface area (Å²) in [6.07, 6.45) is 0. The Morgan fingerprint density at radius 1 is 1.75 bits per heavy atom. The maximum absolute atomic E-state index is 8.79. The van der Waals surface area contributed by atoms with Gasteiger partial charge in [-0.2, -0.15) is 0 Å². The molecule has 2 heteroatoms. The van der Waals surface area contributed by atoms with Crippen molar-refractivity contribution in [1.82, 2.24) is 0 Å². The van der Waals surface area contributed by atoms with Crippen LogP contribution in [0.4, 0.5) is 0 Å². The molecule has 0 rings (SSSR count). The zero-order valence-electron chi connectivity index (χ0n) is 1.36. The Labute approximate surface area is 39.5 Å². The molecule has 1 nitrogen and oxygen atoms in total. The summed E-state index contributed by atoms with van der Waals surface area (Å²) < 4.78 is 0.720.